The van der Waals surface area contributed by atoms with E-state index in [4.69, 9.17) is 9.47 Å². The molecule has 1 saturated heterocycles. The van der Waals surface area contributed by atoms with Crippen LogP contribution < -0.4 is 4.74 Å². The lowest BCUT2D eigenvalue weighted by Gasteiger charge is -2.10. The molecule has 1 unspecified atom stereocenters. The van der Waals surface area contributed by atoms with Crippen molar-refractivity contribution in [2.24, 2.45) is 0 Å². The predicted octanol–water partition coefficient (Wildman–Crippen LogP) is 3.15. The molecule has 1 aliphatic rings. The normalized spacial score (nSPS) is 18.9. The van der Waals surface area contributed by atoms with Gasteiger partial charge in [-0.05, 0) is 49.9 Å². The molecule has 0 N–H and O–H groups in total. The van der Waals surface area contributed by atoms with Gasteiger partial charge in [-0.2, -0.15) is 0 Å². The van der Waals surface area contributed by atoms with Crippen molar-refractivity contribution in [1.82, 2.24) is 0 Å². The summed E-state index contributed by atoms with van der Waals surface area (Å²) in [5.41, 5.74) is 1.78. The second-order valence-corrected chi connectivity index (χ2v) is 4.78. The molecule has 98 valence electrons. The predicted molar refractivity (Wildman–Crippen MR) is 70.3 cm³/mol. The number of methoxy groups -OCH3 is 1. The zero-order chi connectivity index (χ0) is 13.0. The highest BCUT2D eigenvalue weighted by molar-refractivity contribution is 5.97. The van der Waals surface area contributed by atoms with E-state index < -0.39 is 0 Å². The number of carbonyl (C=O) groups excluding carboxylic acids is 1. The van der Waals surface area contributed by atoms with E-state index in [1.165, 1.54) is 0 Å². The Morgan fingerprint density at radius 3 is 2.94 bits per heavy atom. The van der Waals surface area contributed by atoms with Crippen LogP contribution in [-0.2, 0) is 4.74 Å². The van der Waals surface area contributed by atoms with Crippen molar-refractivity contribution in [2.75, 3.05) is 13.7 Å². The monoisotopic (exact) mass is 248 g/mol. The molecule has 3 heteroatoms. The molecule has 1 atom stereocenters. The van der Waals surface area contributed by atoms with Crippen LogP contribution in [0.2, 0.25) is 0 Å². The van der Waals surface area contributed by atoms with Crippen molar-refractivity contribution >= 4 is 5.78 Å². The van der Waals surface area contributed by atoms with E-state index in [0.29, 0.717) is 6.42 Å². The number of Topliss-reactive ketones (excluding diaryl/α,β-unsaturated/α-hetero) is 1. The number of hydrogen-bond donors (Lipinski definition) is 0. The third-order valence-electron chi connectivity index (χ3n) is 3.45. The molecule has 1 heterocycles. The van der Waals surface area contributed by atoms with Gasteiger partial charge in [0, 0.05) is 18.6 Å². The first-order valence-electron chi connectivity index (χ1n) is 6.50. The maximum Gasteiger partial charge on any atom is 0.163 e. The fourth-order valence-corrected chi connectivity index (χ4v) is 2.37. The van der Waals surface area contributed by atoms with E-state index in [1.807, 2.05) is 25.1 Å². The second-order valence-electron chi connectivity index (χ2n) is 4.78. The largest absolute Gasteiger partial charge is 0.497 e. The van der Waals surface area contributed by atoms with E-state index in [2.05, 4.69) is 0 Å². The average molecular weight is 248 g/mol. The molecule has 1 aromatic rings. The van der Waals surface area contributed by atoms with Gasteiger partial charge in [0.15, 0.2) is 5.78 Å². The van der Waals surface area contributed by atoms with Crippen molar-refractivity contribution in [3.05, 3.63) is 29.3 Å². The second kappa shape index (κ2) is 6.01. The number of carbonyl (C=O) groups is 1. The highest BCUT2D eigenvalue weighted by Crippen LogP contribution is 2.21. The van der Waals surface area contributed by atoms with Crippen LogP contribution in [-0.4, -0.2) is 25.6 Å². The molecule has 0 bridgehead atoms. The van der Waals surface area contributed by atoms with Crippen molar-refractivity contribution in [3.8, 4) is 5.75 Å². The molecule has 3 nitrogen and oxygen atoms in total. The molecule has 1 aliphatic heterocycles. The third kappa shape index (κ3) is 3.10. The van der Waals surface area contributed by atoms with Crippen LogP contribution >= 0.6 is 0 Å². The van der Waals surface area contributed by atoms with E-state index in [9.17, 15) is 4.79 Å². The van der Waals surface area contributed by atoms with Crippen LogP contribution in [0.3, 0.4) is 0 Å². The standard InChI is InChI=1S/C15H20O3/c1-11-10-13(17-2)5-7-14(11)15(16)8-6-12-4-3-9-18-12/h5,7,10,12H,3-4,6,8-9H2,1-2H3. The molecule has 1 fully saturated rings. The molecule has 2 rings (SSSR count). The first-order valence-corrected chi connectivity index (χ1v) is 6.50. The Labute approximate surface area is 108 Å². The van der Waals surface area contributed by atoms with Crippen molar-refractivity contribution in [2.45, 2.75) is 38.7 Å². The minimum absolute atomic E-state index is 0.200. The fraction of sp³-hybridized carbons (Fsp3) is 0.533. The molecule has 0 amide bonds. The summed E-state index contributed by atoms with van der Waals surface area (Å²) in [5.74, 6) is 0.994. The van der Waals surface area contributed by atoms with Crippen LogP contribution in [0.4, 0.5) is 0 Å². The van der Waals surface area contributed by atoms with Crippen LogP contribution in [0, 0.1) is 6.92 Å². The van der Waals surface area contributed by atoms with E-state index in [0.717, 1.165) is 42.7 Å². The Morgan fingerprint density at radius 2 is 2.33 bits per heavy atom. The summed E-state index contributed by atoms with van der Waals surface area (Å²) in [6.45, 7) is 2.79. The quantitative estimate of drug-likeness (QED) is 0.751. The molecular formula is C15H20O3. The summed E-state index contributed by atoms with van der Waals surface area (Å²) < 4.78 is 10.7. The molecule has 0 aromatic heterocycles. The first-order chi connectivity index (χ1) is 8.70. The summed E-state index contributed by atoms with van der Waals surface area (Å²) in [6, 6.07) is 5.59. The molecule has 0 spiro atoms. The van der Waals surface area contributed by atoms with Gasteiger partial charge in [-0.3, -0.25) is 4.79 Å². The van der Waals surface area contributed by atoms with Crippen molar-refractivity contribution in [3.63, 3.8) is 0 Å². The molecule has 1 aromatic carbocycles. The van der Waals surface area contributed by atoms with Gasteiger partial charge in [0.2, 0.25) is 0 Å². The average Bonchev–Trinajstić information content (AvgIpc) is 2.88. The van der Waals surface area contributed by atoms with E-state index in [1.54, 1.807) is 7.11 Å². The van der Waals surface area contributed by atoms with Crippen LogP contribution in [0.1, 0.15) is 41.6 Å². The fourth-order valence-electron chi connectivity index (χ4n) is 2.37. The minimum Gasteiger partial charge on any atom is -0.497 e. The number of ether oxygens (including phenoxy) is 2. The third-order valence-corrected chi connectivity index (χ3v) is 3.45. The van der Waals surface area contributed by atoms with Gasteiger partial charge in [0.1, 0.15) is 5.75 Å². The molecule has 0 saturated carbocycles. The molecule has 18 heavy (non-hydrogen) atoms. The Balaban J connectivity index is 1.95. The summed E-state index contributed by atoms with van der Waals surface area (Å²) in [7, 11) is 1.63. The molecule has 0 radical (unpaired) electrons. The van der Waals surface area contributed by atoms with Crippen LogP contribution in [0.5, 0.6) is 5.75 Å². The SMILES string of the molecule is COc1ccc(C(=O)CCC2CCCO2)c(C)c1. The minimum atomic E-state index is 0.200. The van der Waals surface area contributed by atoms with Gasteiger partial charge in [0.25, 0.3) is 0 Å². The highest BCUT2D eigenvalue weighted by atomic mass is 16.5. The lowest BCUT2D eigenvalue weighted by molar-refractivity contribution is 0.0859. The zero-order valence-corrected chi connectivity index (χ0v) is 11.1. The maximum atomic E-state index is 12.1. The Hall–Kier alpha value is -1.35. The van der Waals surface area contributed by atoms with E-state index in [-0.39, 0.29) is 11.9 Å². The smallest absolute Gasteiger partial charge is 0.163 e. The molecular weight excluding hydrogens is 228 g/mol. The van der Waals surface area contributed by atoms with Crippen LogP contribution in [0.15, 0.2) is 18.2 Å². The number of rotatable bonds is 5. The lowest BCUT2D eigenvalue weighted by Crippen LogP contribution is -2.09. The summed E-state index contributed by atoms with van der Waals surface area (Å²) in [4.78, 5) is 12.1. The lowest BCUT2D eigenvalue weighted by atomic mass is 9.99. The summed E-state index contributed by atoms with van der Waals surface area (Å²) >= 11 is 0. The van der Waals surface area contributed by atoms with Gasteiger partial charge < -0.3 is 9.47 Å². The zero-order valence-electron chi connectivity index (χ0n) is 11.1. The highest BCUT2D eigenvalue weighted by Gasteiger charge is 2.18. The maximum absolute atomic E-state index is 12.1. The van der Waals surface area contributed by atoms with E-state index >= 15 is 0 Å². The number of benzene rings is 1. The first kappa shape index (κ1) is 13.1. The number of aryl methyl sites for hydroxylation is 1. The topological polar surface area (TPSA) is 35.5 Å². The van der Waals surface area contributed by atoms with Crippen molar-refractivity contribution in [1.29, 1.82) is 0 Å². The van der Waals surface area contributed by atoms with Gasteiger partial charge in [0.05, 0.1) is 13.2 Å². The Morgan fingerprint density at radius 1 is 1.50 bits per heavy atom. The Bertz CT molecular complexity index is 420. The summed E-state index contributed by atoms with van der Waals surface area (Å²) in [6.07, 6.45) is 3.91. The van der Waals surface area contributed by atoms with Gasteiger partial charge in [-0.25, -0.2) is 0 Å². The van der Waals surface area contributed by atoms with Crippen LogP contribution in [0.25, 0.3) is 0 Å². The summed E-state index contributed by atoms with van der Waals surface area (Å²) in [5, 5.41) is 0. The molecule has 0 aliphatic carbocycles. The Kier molecular flexibility index (Phi) is 4.37. The van der Waals surface area contributed by atoms with Gasteiger partial charge in [-0.15, -0.1) is 0 Å². The number of hydrogen-bond acceptors (Lipinski definition) is 3. The number of ketones is 1. The van der Waals surface area contributed by atoms with Crippen molar-refractivity contribution < 1.29 is 14.3 Å². The van der Waals surface area contributed by atoms with Gasteiger partial charge >= 0.3 is 0 Å². The van der Waals surface area contributed by atoms with Gasteiger partial charge in [-0.1, -0.05) is 0 Å².